The van der Waals surface area contributed by atoms with Crippen LogP contribution in [0.25, 0.3) is 0 Å². The van der Waals surface area contributed by atoms with Gasteiger partial charge >= 0.3 is 0 Å². The average Bonchev–Trinajstić information content (AvgIpc) is 2.57. The van der Waals surface area contributed by atoms with E-state index in [-0.39, 0.29) is 11.4 Å². The van der Waals surface area contributed by atoms with Crippen LogP contribution < -0.4 is 10.3 Å². The van der Waals surface area contributed by atoms with Gasteiger partial charge in [0.2, 0.25) is 0 Å². The van der Waals surface area contributed by atoms with Crippen LogP contribution in [0.5, 0.6) is 5.75 Å². The van der Waals surface area contributed by atoms with Gasteiger partial charge in [0.1, 0.15) is 17.4 Å². The van der Waals surface area contributed by atoms with Crippen molar-refractivity contribution in [3.8, 4) is 5.75 Å². The van der Waals surface area contributed by atoms with E-state index in [1.807, 2.05) is 0 Å². The summed E-state index contributed by atoms with van der Waals surface area (Å²) < 4.78 is 19.4. The molecule has 0 amide bonds. The molecule has 1 N–H and O–H groups in total. The Balaban J connectivity index is 1.82. The SMILES string of the molecule is CCCc1nc2c(c(=O)[nH]1)CN(Cc1c(F)cccc1OC)CC2. The minimum absolute atomic E-state index is 0.0753. The molecular weight excluding hydrogens is 309 g/mol. The van der Waals surface area contributed by atoms with E-state index in [0.717, 1.165) is 30.9 Å². The lowest BCUT2D eigenvalue weighted by Gasteiger charge is -2.28. The fraction of sp³-hybridized carbons (Fsp3) is 0.444. The van der Waals surface area contributed by atoms with Gasteiger partial charge in [-0.15, -0.1) is 0 Å². The van der Waals surface area contributed by atoms with E-state index in [2.05, 4.69) is 21.8 Å². The number of methoxy groups -OCH3 is 1. The molecule has 0 fully saturated rings. The lowest BCUT2D eigenvalue weighted by atomic mass is 10.1. The molecular formula is C18H22FN3O2. The normalized spacial score (nSPS) is 14.5. The molecule has 0 saturated carbocycles. The molecule has 0 unspecified atom stereocenters. The van der Waals surface area contributed by atoms with Crippen molar-refractivity contribution in [1.29, 1.82) is 0 Å². The fourth-order valence-corrected chi connectivity index (χ4v) is 3.13. The number of aryl methyl sites for hydroxylation is 1. The zero-order valence-electron chi connectivity index (χ0n) is 14.1. The molecule has 1 aromatic carbocycles. The third-order valence-corrected chi connectivity index (χ3v) is 4.36. The second-order valence-electron chi connectivity index (χ2n) is 6.07. The number of rotatable bonds is 5. The van der Waals surface area contributed by atoms with Crippen molar-refractivity contribution in [3.05, 3.63) is 57.0 Å². The molecule has 0 bridgehead atoms. The van der Waals surface area contributed by atoms with Crippen molar-refractivity contribution in [2.45, 2.75) is 39.3 Å². The molecule has 1 aromatic heterocycles. The molecule has 5 nitrogen and oxygen atoms in total. The van der Waals surface area contributed by atoms with Crippen molar-refractivity contribution in [2.75, 3.05) is 13.7 Å². The zero-order chi connectivity index (χ0) is 17.1. The third kappa shape index (κ3) is 3.33. The molecule has 1 aliphatic heterocycles. The van der Waals surface area contributed by atoms with Gasteiger partial charge in [-0.25, -0.2) is 9.37 Å². The second-order valence-corrected chi connectivity index (χ2v) is 6.07. The van der Waals surface area contributed by atoms with E-state index in [0.29, 0.717) is 36.4 Å². The van der Waals surface area contributed by atoms with Gasteiger partial charge < -0.3 is 9.72 Å². The Hall–Kier alpha value is -2.21. The first-order valence-electron chi connectivity index (χ1n) is 8.27. The maximum Gasteiger partial charge on any atom is 0.255 e. The topological polar surface area (TPSA) is 58.2 Å². The predicted octanol–water partition coefficient (Wildman–Crippen LogP) is 2.43. The molecule has 6 heteroatoms. The fourth-order valence-electron chi connectivity index (χ4n) is 3.13. The van der Waals surface area contributed by atoms with Gasteiger partial charge in [0, 0.05) is 38.0 Å². The summed E-state index contributed by atoms with van der Waals surface area (Å²) in [4.78, 5) is 21.8. The number of fused-ring (bicyclic) bond motifs is 1. The summed E-state index contributed by atoms with van der Waals surface area (Å²) in [7, 11) is 1.54. The molecule has 0 spiro atoms. The highest BCUT2D eigenvalue weighted by atomic mass is 19.1. The zero-order valence-corrected chi connectivity index (χ0v) is 14.1. The minimum atomic E-state index is -0.287. The highest BCUT2D eigenvalue weighted by molar-refractivity contribution is 5.35. The average molecular weight is 331 g/mol. The Morgan fingerprint density at radius 3 is 3.00 bits per heavy atom. The number of ether oxygens (including phenoxy) is 1. The van der Waals surface area contributed by atoms with Gasteiger partial charge in [0.25, 0.3) is 5.56 Å². The molecule has 3 rings (SSSR count). The largest absolute Gasteiger partial charge is 0.496 e. The van der Waals surface area contributed by atoms with Crippen LogP contribution >= 0.6 is 0 Å². The molecule has 0 aliphatic carbocycles. The van der Waals surface area contributed by atoms with Gasteiger partial charge in [0.05, 0.1) is 18.4 Å². The van der Waals surface area contributed by atoms with Crippen LogP contribution in [0.1, 0.15) is 36.0 Å². The van der Waals surface area contributed by atoms with Crippen molar-refractivity contribution in [1.82, 2.24) is 14.9 Å². The lowest BCUT2D eigenvalue weighted by molar-refractivity contribution is 0.234. The summed E-state index contributed by atoms with van der Waals surface area (Å²) in [5, 5.41) is 0. The van der Waals surface area contributed by atoms with E-state index in [9.17, 15) is 9.18 Å². The number of H-pyrrole nitrogens is 1. The first kappa shape index (κ1) is 16.6. The van der Waals surface area contributed by atoms with Crippen LogP contribution in [-0.4, -0.2) is 28.5 Å². The molecule has 0 radical (unpaired) electrons. The summed E-state index contributed by atoms with van der Waals surface area (Å²) in [5.74, 6) is 1.00. The summed E-state index contributed by atoms with van der Waals surface area (Å²) in [6.07, 6.45) is 2.42. The Labute approximate surface area is 140 Å². The molecule has 2 heterocycles. The predicted molar refractivity (Wildman–Crippen MR) is 89.6 cm³/mol. The maximum absolute atomic E-state index is 14.1. The number of hydrogen-bond donors (Lipinski definition) is 1. The van der Waals surface area contributed by atoms with E-state index in [4.69, 9.17) is 4.74 Å². The number of nitrogens with zero attached hydrogens (tertiary/aromatic N) is 2. The molecule has 0 saturated heterocycles. The number of aromatic amines is 1. The van der Waals surface area contributed by atoms with E-state index in [1.165, 1.54) is 13.2 Å². The van der Waals surface area contributed by atoms with Crippen molar-refractivity contribution in [2.24, 2.45) is 0 Å². The molecule has 1 aliphatic rings. The first-order chi connectivity index (χ1) is 11.6. The Morgan fingerprint density at radius 1 is 1.42 bits per heavy atom. The standard InChI is InChI=1S/C18H22FN3O2/c1-3-5-17-20-15-8-9-22(11-13(15)18(23)21-17)10-12-14(19)6-4-7-16(12)24-2/h4,6-7H,3,5,8-11H2,1-2H3,(H,20,21,23). The van der Waals surface area contributed by atoms with Crippen LogP contribution in [-0.2, 0) is 25.9 Å². The number of benzene rings is 1. The molecule has 128 valence electrons. The Kier molecular flexibility index (Phi) is 4.94. The number of hydrogen-bond acceptors (Lipinski definition) is 4. The van der Waals surface area contributed by atoms with E-state index < -0.39 is 0 Å². The quantitative estimate of drug-likeness (QED) is 0.914. The summed E-state index contributed by atoms with van der Waals surface area (Å²) >= 11 is 0. The Morgan fingerprint density at radius 2 is 2.25 bits per heavy atom. The highest BCUT2D eigenvalue weighted by Gasteiger charge is 2.23. The van der Waals surface area contributed by atoms with Crippen LogP contribution in [0, 0.1) is 5.82 Å². The third-order valence-electron chi connectivity index (χ3n) is 4.36. The maximum atomic E-state index is 14.1. The summed E-state index contributed by atoms with van der Waals surface area (Å²) in [5.41, 5.74) is 2.01. The molecule has 24 heavy (non-hydrogen) atoms. The highest BCUT2D eigenvalue weighted by Crippen LogP contribution is 2.25. The van der Waals surface area contributed by atoms with Crippen LogP contribution in [0.4, 0.5) is 4.39 Å². The van der Waals surface area contributed by atoms with Gasteiger partial charge in [0.15, 0.2) is 0 Å². The first-order valence-corrected chi connectivity index (χ1v) is 8.27. The van der Waals surface area contributed by atoms with Crippen molar-refractivity contribution < 1.29 is 9.13 Å². The lowest BCUT2D eigenvalue weighted by Crippen LogP contribution is -2.36. The van der Waals surface area contributed by atoms with E-state index >= 15 is 0 Å². The minimum Gasteiger partial charge on any atom is -0.496 e. The molecule has 2 aromatic rings. The van der Waals surface area contributed by atoms with E-state index in [1.54, 1.807) is 12.1 Å². The van der Waals surface area contributed by atoms with Gasteiger partial charge in [-0.3, -0.25) is 9.69 Å². The summed E-state index contributed by atoms with van der Waals surface area (Å²) in [6.45, 7) is 3.68. The van der Waals surface area contributed by atoms with Gasteiger partial charge in [-0.1, -0.05) is 13.0 Å². The van der Waals surface area contributed by atoms with Crippen LogP contribution in [0.15, 0.2) is 23.0 Å². The van der Waals surface area contributed by atoms with Gasteiger partial charge in [-0.2, -0.15) is 0 Å². The monoisotopic (exact) mass is 331 g/mol. The smallest absolute Gasteiger partial charge is 0.255 e. The van der Waals surface area contributed by atoms with Crippen LogP contribution in [0.2, 0.25) is 0 Å². The summed E-state index contributed by atoms with van der Waals surface area (Å²) in [6, 6.07) is 4.82. The van der Waals surface area contributed by atoms with Crippen molar-refractivity contribution >= 4 is 0 Å². The Bertz CT molecular complexity index is 788. The van der Waals surface area contributed by atoms with Crippen molar-refractivity contribution in [3.63, 3.8) is 0 Å². The van der Waals surface area contributed by atoms with Crippen LogP contribution in [0.3, 0.4) is 0 Å². The molecule has 0 atom stereocenters. The van der Waals surface area contributed by atoms with Gasteiger partial charge in [-0.05, 0) is 18.6 Å². The number of halogens is 1. The number of nitrogens with one attached hydrogen (secondary N) is 1. The second kappa shape index (κ2) is 7.13. The number of aromatic nitrogens is 2.